The summed E-state index contributed by atoms with van der Waals surface area (Å²) < 4.78 is 4.85. The largest absolute Gasteiger partial charge is 0.452 e. The Morgan fingerprint density at radius 2 is 1.68 bits per heavy atom. The van der Waals surface area contributed by atoms with E-state index < -0.39 is 0 Å². The first-order valence-corrected chi connectivity index (χ1v) is 7.20. The third-order valence-corrected chi connectivity index (χ3v) is 3.20. The highest BCUT2D eigenvalue weighted by Crippen LogP contribution is 2.16. The third-order valence-electron chi connectivity index (χ3n) is 3.20. The van der Waals surface area contributed by atoms with Crippen molar-refractivity contribution in [2.24, 2.45) is 0 Å². The van der Waals surface area contributed by atoms with E-state index in [4.69, 9.17) is 4.74 Å². The van der Waals surface area contributed by atoms with Crippen LogP contribution in [0.5, 0.6) is 0 Å². The van der Waals surface area contributed by atoms with Gasteiger partial charge in [0.05, 0.1) is 7.11 Å². The van der Waals surface area contributed by atoms with Gasteiger partial charge in [-0.3, -0.25) is 4.90 Å². The summed E-state index contributed by atoms with van der Waals surface area (Å²) in [4.78, 5) is 13.5. The second kappa shape index (κ2) is 9.42. The van der Waals surface area contributed by atoms with Crippen LogP contribution in [0.15, 0.2) is 30.3 Å². The number of unbranched alkanes of at least 4 members (excludes halogenated alkanes) is 5. The van der Waals surface area contributed by atoms with Gasteiger partial charge in [-0.15, -0.1) is 0 Å². The van der Waals surface area contributed by atoms with Crippen LogP contribution >= 0.6 is 0 Å². The van der Waals surface area contributed by atoms with Crippen molar-refractivity contribution in [3.05, 3.63) is 30.3 Å². The molecule has 3 nitrogen and oxygen atoms in total. The molecule has 0 aliphatic heterocycles. The lowest BCUT2D eigenvalue weighted by Crippen LogP contribution is -2.31. The molecule has 0 aromatic heterocycles. The number of carbonyl (C=O) groups excluding carboxylic acids is 1. The lowest BCUT2D eigenvalue weighted by Gasteiger charge is -2.21. The molecule has 0 saturated heterocycles. The first-order valence-electron chi connectivity index (χ1n) is 7.20. The van der Waals surface area contributed by atoms with Crippen LogP contribution in [0.3, 0.4) is 0 Å². The number of carbonyl (C=O) groups is 1. The predicted molar refractivity (Wildman–Crippen MR) is 79.6 cm³/mol. The highest BCUT2D eigenvalue weighted by Gasteiger charge is 2.14. The maximum absolute atomic E-state index is 11.8. The van der Waals surface area contributed by atoms with Crippen LogP contribution in [-0.4, -0.2) is 19.7 Å². The van der Waals surface area contributed by atoms with Crippen LogP contribution in [0.1, 0.15) is 45.4 Å². The van der Waals surface area contributed by atoms with Crippen molar-refractivity contribution in [2.45, 2.75) is 45.4 Å². The Morgan fingerprint density at radius 3 is 2.32 bits per heavy atom. The van der Waals surface area contributed by atoms with Crippen LogP contribution in [-0.2, 0) is 4.74 Å². The lowest BCUT2D eigenvalue weighted by atomic mass is 10.1. The van der Waals surface area contributed by atoms with Crippen molar-refractivity contribution in [1.82, 2.24) is 0 Å². The number of ether oxygens (including phenoxy) is 1. The van der Waals surface area contributed by atoms with Crippen molar-refractivity contribution in [3.63, 3.8) is 0 Å². The molecule has 1 aromatic rings. The number of hydrogen-bond donors (Lipinski definition) is 0. The Morgan fingerprint density at radius 1 is 1.05 bits per heavy atom. The molecule has 1 rings (SSSR count). The Kier molecular flexibility index (Phi) is 7.71. The molecular weight excluding hydrogens is 238 g/mol. The summed E-state index contributed by atoms with van der Waals surface area (Å²) in [6.07, 6.45) is 7.02. The van der Waals surface area contributed by atoms with E-state index in [1.165, 1.54) is 39.2 Å². The summed E-state index contributed by atoms with van der Waals surface area (Å²) in [6, 6.07) is 9.70. The first-order chi connectivity index (χ1) is 9.29. The highest BCUT2D eigenvalue weighted by atomic mass is 16.5. The average molecular weight is 263 g/mol. The Bertz CT molecular complexity index is 351. The number of nitrogens with zero attached hydrogens (tertiary/aromatic N) is 1. The minimum atomic E-state index is -0.278. The molecular formula is C16H25NO2. The molecule has 0 heterocycles. The third kappa shape index (κ3) is 5.77. The normalized spacial score (nSPS) is 10.2. The Balaban J connectivity index is 2.41. The zero-order valence-corrected chi connectivity index (χ0v) is 12.1. The van der Waals surface area contributed by atoms with Crippen molar-refractivity contribution >= 4 is 11.8 Å². The van der Waals surface area contributed by atoms with Gasteiger partial charge in [0.15, 0.2) is 0 Å². The molecule has 1 amide bonds. The van der Waals surface area contributed by atoms with Gasteiger partial charge in [0.2, 0.25) is 0 Å². The van der Waals surface area contributed by atoms with Gasteiger partial charge in [-0.25, -0.2) is 4.79 Å². The van der Waals surface area contributed by atoms with Gasteiger partial charge in [-0.2, -0.15) is 0 Å². The molecule has 1 aromatic carbocycles. The summed E-state index contributed by atoms with van der Waals surface area (Å²) >= 11 is 0. The predicted octanol–water partition coefficient (Wildman–Crippen LogP) is 4.62. The summed E-state index contributed by atoms with van der Waals surface area (Å²) in [6.45, 7) is 2.94. The van der Waals surface area contributed by atoms with E-state index in [1.807, 2.05) is 30.3 Å². The highest BCUT2D eigenvalue weighted by molar-refractivity contribution is 5.87. The minimum absolute atomic E-state index is 0.278. The Labute approximate surface area is 116 Å². The molecule has 0 spiro atoms. The molecule has 0 atom stereocenters. The summed E-state index contributed by atoms with van der Waals surface area (Å²) in [7, 11) is 1.43. The van der Waals surface area contributed by atoms with Crippen molar-refractivity contribution in [3.8, 4) is 0 Å². The SMILES string of the molecule is CCCCCCCCN(C(=O)OC)c1ccccc1. The number of methoxy groups -OCH3 is 1. The van der Waals surface area contributed by atoms with E-state index in [0.717, 1.165) is 18.7 Å². The Hall–Kier alpha value is -1.51. The zero-order chi connectivity index (χ0) is 13.9. The number of benzene rings is 1. The second-order valence-corrected chi connectivity index (χ2v) is 4.72. The van der Waals surface area contributed by atoms with Gasteiger partial charge in [0.25, 0.3) is 0 Å². The van der Waals surface area contributed by atoms with Crippen molar-refractivity contribution in [2.75, 3.05) is 18.6 Å². The van der Waals surface area contributed by atoms with Crippen LogP contribution in [0.25, 0.3) is 0 Å². The molecule has 19 heavy (non-hydrogen) atoms. The van der Waals surface area contributed by atoms with E-state index in [0.29, 0.717) is 0 Å². The number of para-hydroxylation sites is 1. The summed E-state index contributed by atoms with van der Waals surface area (Å²) in [5, 5.41) is 0. The van der Waals surface area contributed by atoms with Gasteiger partial charge in [-0.1, -0.05) is 57.2 Å². The fourth-order valence-electron chi connectivity index (χ4n) is 2.09. The van der Waals surface area contributed by atoms with E-state index in [1.54, 1.807) is 4.90 Å². The van der Waals surface area contributed by atoms with Gasteiger partial charge in [-0.05, 0) is 18.6 Å². The van der Waals surface area contributed by atoms with Gasteiger partial charge in [0, 0.05) is 12.2 Å². The van der Waals surface area contributed by atoms with Gasteiger partial charge < -0.3 is 4.74 Å². The molecule has 0 saturated carbocycles. The van der Waals surface area contributed by atoms with Crippen molar-refractivity contribution < 1.29 is 9.53 Å². The van der Waals surface area contributed by atoms with Crippen LogP contribution in [0, 0.1) is 0 Å². The minimum Gasteiger partial charge on any atom is -0.452 e. The van der Waals surface area contributed by atoms with Crippen LogP contribution in [0.2, 0.25) is 0 Å². The molecule has 0 unspecified atom stereocenters. The van der Waals surface area contributed by atoms with E-state index in [9.17, 15) is 4.79 Å². The lowest BCUT2D eigenvalue weighted by molar-refractivity contribution is 0.178. The monoisotopic (exact) mass is 263 g/mol. The molecule has 0 aliphatic rings. The number of hydrogen-bond acceptors (Lipinski definition) is 2. The average Bonchev–Trinajstić information content (AvgIpc) is 2.47. The summed E-state index contributed by atoms with van der Waals surface area (Å²) in [5.74, 6) is 0. The van der Waals surface area contributed by atoms with Crippen LogP contribution in [0.4, 0.5) is 10.5 Å². The molecule has 0 fully saturated rings. The fraction of sp³-hybridized carbons (Fsp3) is 0.562. The zero-order valence-electron chi connectivity index (χ0n) is 12.1. The van der Waals surface area contributed by atoms with Crippen LogP contribution < -0.4 is 4.90 Å². The molecule has 0 radical (unpaired) electrons. The topological polar surface area (TPSA) is 29.5 Å². The fourth-order valence-corrected chi connectivity index (χ4v) is 2.09. The van der Waals surface area contributed by atoms with Gasteiger partial charge in [0.1, 0.15) is 0 Å². The van der Waals surface area contributed by atoms with E-state index >= 15 is 0 Å². The van der Waals surface area contributed by atoms with E-state index in [2.05, 4.69) is 6.92 Å². The number of rotatable bonds is 8. The van der Waals surface area contributed by atoms with Gasteiger partial charge >= 0.3 is 6.09 Å². The van der Waals surface area contributed by atoms with Crippen molar-refractivity contribution in [1.29, 1.82) is 0 Å². The maximum atomic E-state index is 11.8. The van der Waals surface area contributed by atoms with E-state index in [-0.39, 0.29) is 6.09 Å². The summed E-state index contributed by atoms with van der Waals surface area (Å²) in [5.41, 5.74) is 0.905. The smallest absolute Gasteiger partial charge is 0.413 e. The number of anilines is 1. The first kappa shape index (κ1) is 15.5. The molecule has 106 valence electrons. The maximum Gasteiger partial charge on any atom is 0.413 e. The standard InChI is InChI=1S/C16H25NO2/c1-3-4-5-6-7-11-14-17(16(18)19-2)15-12-9-8-10-13-15/h8-10,12-13H,3-7,11,14H2,1-2H3. The molecule has 0 bridgehead atoms. The molecule has 0 N–H and O–H groups in total. The molecule has 0 aliphatic carbocycles. The molecule has 3 heteroatoms. The second-order valence-electron chi connectivity index (χ2n) is 4.72. The number of amides is 1. The quantitative estimate of drug-likeness (QED) is 0.640.